The molecule has 0 radical (unpaired) electrons. The Bertz CT molecular complexity index is 1030. The fraction of sp³-hybridized carbons (Fsp3) is 0.500. The molecule has 2 heterocycles. The van der Waals surface area contributed by atoms with Gasteiger partial charge in [0.05, 0.1) is 24.0 Å². The van der Waals surface area contributed by atoms with Gasteiger partial charge in [0, 0.05) is 23.6 Å². The maximum atomic E-state index is 12.7. The lowest BCUT2D eigenvalue weighted by Crippen LogP contribution is -2.34. The summed E-state index contributed by atoms with van der Waals surface area (Å²) in [7, 11) is 0. The molecular weight excluding hydrogens is 443 g/mol. The van der Waals surface area contributed by atoms with E-state index in [2.05, 4.69) is 10.3 Å². The molecule has 1 N–H and O–H groups in total. The number of ether oxygens (including phenoxy) is 1. The van der Waals surface area contributed by atoms with Crippen LogP contribution in [0, 0.1) is 0 Å². The zero-order valence-electron chi connectivity index (χ0n) is 17.4. The van der Waals surface area contributed by atoms with E-state index in [1.54, 1.807) is 4.57 Å². The molecule has 1 saturated heterocycles. The average Bonchev–Trinajstić information content (AvgIpc) is 3.27. The Morgan fingerprint density at radius 1 is 1.19 bits per heavy atom. The number of nitrogens with zero attached hydrogens (tertiary/aromatic N) is 2. The number of nitrogens with one attached hydrogen (secondary N) is 1. The van der Waals surface area contributed by atoms with Crippen LogP contribution in [0.15, 0.2) is 34.1 Å². The number of carbonyl (C=O) groups excluding carboxylic acids is 1. The molecule has 2 aliphatic rings. The van der Waals surface area contributed by atoms with Gasteiger partial charge in [0.25, 0.3) is 0 Å². The molecule has 1 atom stereocenters. The maximum absolute atomic E-state index is 12.7. The van der Waals surface area contributed by atoms with Crippen molar-refractivity contribution in [3.8, 4) is 0 Å². The minimum atomic E-state index is -4.42. The van der Waals surface area contributed by atoms with Crippen molar-refractivity contribution >= 4 is 23.4 Å². The van der Waals surface area contributed by atoms with Gasteiger partial charge < -0.3 is 10.1 Å². The molecule has 1 aliphatic carbocycles. The third kappa shape index (κ3) is 5.35. The summed E-state index contributed by atoms with van der Waals surface area (Å²) >= 11 is 1.19. The van der Waals surface area contributed by atoms with E-state index in [1.165, 1.54) is 23.9 Å². The number of anilines is 1. The number of amides is 1. The first-order chi connectivity index (χ1) is 15.3. The Balaban J connectivity index is 1.44. The molecule has 1 aromatic heterocycles. The number of benzene rings is 1. The molecule has 32 heavy (non-hydrogen) atoms. The highest BCUT2D eigenvalue weighted by atomic mass is 32.2. The maximum Gasteiger partial charge on any atom is 0.416 e. The van der Waals surface area contributed by atoms with Crippen molar-refractivity contribution in [2.24, 2.45) is 0 Å². The lowest BCUT2D eigenvalue weighted by molar-refractivity contribution is -0.137. The molecule has 172 valence electrons. The van der Waals surface area contributed by atoms with Crippen molar-refractivity contribution in [2.75, 3.05) is 17.7 Å². The number of thioether (sulfide) groups is 1. The minimum Gasteiger partial charge on any atom is -0.376 e. The van der Waals surface area contributed by atoms with Crippen LogP contribution in [0.4, 0.5) is 18.9 Å². The SMILES string of the molecule is O=C(CSc1nc(=O)n(CC2CCCO2)c2c1CCCC2)Nc1ccc(C(F)(F)F)cc1. The minimum absolute atomic E-state index is 0.00958. The number of hydrogen-bond acceptors (Lipinski definition) is 5. The van der Waals surface area contributed by atoms with Gasteiger partial charge in [-0.1, -0.05) is 11.8 Å². The van der Waals surface area contributed by atoms with E-state index in [-0.39, 0.29) is 29.1 Å². The predicted molar refractivity (Wildman–Crippen MR) is 115 cm³/mol. The first kappa shape index (κ1) is 22.8. The largest absolute Gasteiger partial charge is 0.416 e. The standard InChI is InChI=1S/C22H24F3N3O3S/c23-22(24,25)14-7-9-15(10-8-14)26-19(29)13-32-20-17-5-1-2-6-18(17)28(21(30)27-20)12-16-4-3-11-31-16/h7-10,16H,1-6,11-13H2,(H,26,29). The van der Waals surface area contributed by atoms with Gasteiger partial charge in [-0.3, -0.25) is 9.36 Å². The molecular formula is C22H24F3N3O3S. The third-order valence-electron chi connectivity index (χ3n) is 5.70. The van der Waals surface area contributed by atoms with E-state index in [0.717, 1.165) is 68.5 Å². The molecule has 10 heteroatoms. The van der Waals surface area contributed by atoms with Crippen molar-refractivity contribution in [2.45, 2.75) is 62.4 Å². The van der Waals surface area contributed by atoms with E-state index < -0.39 is 11.7 Å². The van der Waals surface area contributed by atoms with Crippen molar-refractivity contribution in [3.63, 3.8) is 0 Å². The van der Waals surface area contributed by atoms with Crippen LogP contribution >= 0.6 is 11.8 Å². The lowest BCUT2D eigenvalue weighted by Gasteiger charge is -2.24. The van der Waals surface area contributed by atoms with Crippen LogP contribution in [0.5, 0.6) is 0 Å². The van der Waals surface area contributed by atoms with E-state index in [4.69, 9.17) is 4.74 Å². The zero-order valence-corrected chi connectivity index (χ0v) is 18.2. The smallest absolute Gasteiger partial charge is 0.376 e. The quantitative estimate of drug-likeness (QED) is 0.513. The van der Waals surface area contributed by atoms with Crippen molar-refractivity contribution in [3.05, 3.63) is 51.6 Å². The summed E-state index contributed by atoms with van der Waals surface area (Å²) in [5.74, 6) is -0.361. The van der Waals surface area contributed by atoms with Gasteiger partial charge >= 0.3 is 11.9 Å². The summed E-state index contributed by atoms with van der Waals surface area (Å²) < 4.78 is 45.4. The van der Waals surface area contributed by atoms with Gasteiger partial charge in [-0.2, -0.15) is 18.2 Å². The topological polar surface area (TPSA) is 73.2 Å². The van der Waals surface area contributed by atoms with Gasteiger partial charge in [0.2, 0.25) is 5.91 Å². The fourth-order valence-electron chi connectivity index (χ4n) is 4.12. The number of halogens is 3. The van der Waals surface area contributed by atoms with Gasteiger partial charge in [-0.15, -0.1) is 0 Å². The highest BCUT2D eigenvalue weighted by Gasteiger charge is 2.30. The average molecular weight is 468 g/mol. The van der Waals surface area contributed by atoms with Crippen LogP contribution in [-0.4, -0.2) is 33.9 Å². The normalized spacial score (nSPS) is 18.4. The van der Waals surface area contributed by atoms with Crippen LogP contribution in [0.25, 0.3) is 0 Å². The molecule has 1 unspecified atom stereocenters. The molecule has 6 nitrogen and oxygen atoms in total. The number of carbonyl (C=O) groups is 1. The summed E-state index contributed by atoms with van der Waals surface area (Å²) in [6.07, 6.45) is 1.14. The molecule has 0 bridgehead atoms. The predicted octanol–water partition coefficient (Wildman–Crippen LogP) is 4.05. The van der Waals surface area contributed by atoms with Crippen molar-refractivity contribution < 1.29 is 22.7 Å². The zero-order chi connectivity index (χ0) is 22.7. The van der Waals surface area contributed by atoms with Gasteiger partial charge in [0.1, 0.15) is 5.03 Å². The van der Waals surface area contributed by atoms with Gasteiger partial charge in [0.15, 0.2) is 0 Å². The van der Waals surface area contributed by atoms with Crippen LogP contribution in [-0.2, 0) is 35.1 Å². The monoisotopic (exact) mass is 467 g/mol. The number of aromatic nitrogens is 2. The molecule has 1 fully saturated rings. The highest BCUT2D eigenvalue weighted by molar-refractivity contribution is 8.00. The Morgan fingerprint density at radius 3 is 2.62 bits per heavy atom. The highest BCUT2D eigenvalue weighted by Crippen LogP contribution is 2.31. The lowest BCUT2D eigenvalue weighted by atomic mass is 9.97. The molecule has 2 aromatic rings. The second-order valence-electron chi connectivity index (χ2n) is 7.99. The first-order valence-electron chi connectivity index (χ1n) is 10.7. The second kappa shape index (κ2) is 9.66. The summed E-state index contributed by atoms with van der Waals surface area (Å²) in [6, 6.07) is 4.29. The van der Waals surface area contributed by atoms with Crippen molar-refractivity contribution in [1.29, 1.82) is 0 Å². The van der Waals surface area contributed by atoms with E-state index in [0.29, 0.717) is 11.6 Å². The van der Waals surface area contributed by atoms with Gasteiger partial charge in [-0.25, -0.2) is 4.79 Å². The van der Waals surface area contributed by atoms with Crippen LogP contribution in [0.2, 0.25) is 0 Å². The molecule has 1 amide bonds. The summed E-state index contributed by atoms with van der Waals surface area (Å²) in [5, 5.41) is 3.16. The molecule has 1 aromatic carbocycles. The molecule has 0 spiro atoms. The Morgan fingerprint density at radius 2 is 1.94 bits per heavy atom. The molecule has 4 rings (SSSR count). The summed E-state index contributed by atoms with van der Waals surface area (Å²) in [6.45, 7) is 1.23. The third-order valence-corrected chi connectivity index (χ3v) is 6.71. The fourth-order valence-corrected chi connectivity index (χ4v) is 5.00. The van der Waals surface area contributed by atoms with E-state index in [1.807, 2.05) is 0 Å². The Labute approximate surface area is 187 Å². The Kier molecular flexibility index (Phi) is 6.90. The number of rotatable bonds is 6. The van der Waals surface area contributed by atoms with Crippen LogP contribution in [0.3, 0.4) is 0 Å². The number of alkyl halides is 3. The van der Waals surface area contributed by atoms with Crippen molar-refractivity contribution in [1.82, 2.24) is 9.55 Å². The van der Waals surface area contributed by atoms with Crippen LogP contribution in [0.1, 0.15) is 42.5 Å². The first-order valence-corrected chi connectivity index (χ1v) is 11.6. The van der Waals surface area contributed by atoms with Crippen LogP contribution < -0.4 is 11.0 Å². The molecule has 1 aliphatic heterocycles. The number of fused-ring (bicyclic) bond motifs is 1. The van der Waals surface area contributed by atoms with E-state index >= 15 is 0 Å². The summed E-state index contributed by atoms with van der Waals surface area (Å²) in [5.41, 5.74) is 1.18. The number of hydrogen-bond donors (Lipinski definition) is 1. The van der Waals surface area contributed by atoms with Gasteiger partial charge in [-0.05, 0) is 62.8 Å². The Hall–Kier alpha value is -2.33. The molecule has 0 saturated carbocycles. The summed E-state index contributed by atoms with van der Waals surface area (Å²) in [4.78, 5) is 29.3. The second-order valence-corrected chi connectivity index (χ2v) is 8.95. The van der Waals surface area contributed by atoms with E-state index in [9.17, 15) is 22.8 Å².